The monoisotopic (exact) mass is 176 g/mol. The lowest BCUT2D eigenvalue weighted by Gasteiger charge is -2.19. The summed E-state index contributed by atoms with van der Waals surface area (Å²) < 4.78 is 0. The molecule has 0 atom stereocenters. The highest BCUT2D eigenvalue weighted by Crippen LogP contribution is 2.17. The molecule has 0 bridgehead atoms. The highest BCUT2D eigenvalue weighted by Gasteiger charge is 2.00. The van der Waals surface area contributed by atoms with Crippen LogP contribution >= 0.6 is 0 Å². The number of rotatable bonds is 2. The molecule has 0 saturated carbocycles. The van der Waals surface area contributed by atoms with Crippen molar-refractivity contribution in [2.75, 3.05) is 38.0 Å². The van der Waals surface area contributed by atoms with Crippen LogP contribution in [0.1, 0.15) is 0 Å². The maximum atomic E-state index is 2.19. The summed E-state index contributed by atoms with van der Waals surface area (Å²) in [6.45, 7) is 0. The molecule has 13 heavy (non-hydrogen) atoms. The zero-order chi connectivity index (χ0) is 10.0. The Kier molecular flexibility index (Phi) is 2.86. The molecule has 0 unspecified atom stereocenters. The van der Waals surface area contributed by atoms with Gasteiger partial charge in [-0.2, -0.15) is 0 Å². The Labute approximate surface area is 81.6 Å². The molecule has 0 spiro atoms. The minimum Gasteiger partial charge on any atom is -0.378 e. The Morgan fingerprint density at radius 3 is 1.54 bits per heavy atom. The fourth-order valence-electron chi connectivity index (χ4n) is 1.26. The van der Waals surface area contributed by atoms with Crippen molar-refractivity contribution < 1.29 is 0 Å². The number of nitrogens with zero attached hydrogens (tertiary/aromatic N) is 2. The van der Waals surface area contributed by atoms with Gasteiger partial charge in [-0.1, -0.05) is 5.46 Å². The van der Waals surface area contributed by atoms with Gasteiger partial charge < -0.3 is 9.80 Å². The van der Waals surface area contributed by atoms with Crippen LogP contribution in [0.15, 0.2) is 18.2 Å². The minimum atomic E-state index is 1.25. The van der Waals surface area contributed by atoms with Gasteiger partial charge in [-0.25, -0.2) is 0 Å². The largest absolute Gasteiger partial charge is 0.378 e. The third-order valence-electron chi connectivity index (χ3n) is 2.08. The molecule has 0 heterocycles. The zero-order valence-electron chi connectivity index (χ0n) is 9.13. The van der Waals surface area contributed by atoms with Crippen LogP contribution < -0.4 is 15.3 Å². The first-order valence-electron chi connectivity index (χ1n) is 4.47. The topological polar surface area (TPSA) is 6.48 Å². The normalized spacial score (nSPS) is 9.85. The molecule has 0 fully saturated rings. The Hall–Kier alpha value is -1.12. The van der Waals surface area contributed by atoms with E-state index in [1.165, 1.54) is 16.8 Å². The van der Waals surface area contributed by atoms with Crippen molar-refractivity contribution in [1.29, 1.82) is 0 Å². The van der Waals surface area contributed by atoms with E-state index in [9.17, 15) is 0 Å². The molecular formula is C10H17BN2. The van der Waals surface area contributed by atoms with Crippen LogP contribution in [0.5, 0.6) is 0 Å². The van der Waals surface area contributed by atoms with E-state index in [0.29, 0.717) is 0 Å². The van der Waals surface area contributed by atoms with Crippen LogP contribution in [-0.4, -0.2) is 36.0 Å². The van der Waals surface area contributed by atoms with Crippen molar-refractivity contribution >= 4 is 24.7 Å². The first-order chi connectivity index (χ1) is 6.00. The van der Waals surface area contributed by atoms with E-state index in [1.807, 2.05) is 0 Å². The molecule has 1 rings (SSSR count). The van der Waals surface area contributed by atoms with E-state index in [0.717, 1.165) is 0 Å². The van der Waals surface area contributed by atoms with Gasteiger partial charge in [-0.3, -0.25) is 0 Å². The molecule has 3 heteroatoms. The van der Waals surface area contributed by atoms with E-state index in [1.54, 1.807) is 0 Å². The molecule has 0 aromatic heterocycles. The van der Waals surface area contributed by atoms with Gasteiger partial charge in [0.1, 0.15) is 7.85 Å². The second kappa shape index (κ2) is 3.73. The smallest absolute Gasteiger partial charge is 0.139 e. The van der Waals surface area contributed by atoms with E-state index < -0.39 is 0 Å². The highest BCUT2D eigenvalue weighted by atomic mass is 15.1. The molecule has 1 aromatic carbocycles. The second-order valence-corrected chi connectivity index (χ2v) is 3.82. The third kappa shape index (κ3) is 2.41. The molecule has 0 aliphatic rings. The minimum absolute atomic E-state index is 1.25. The lowest BCUT2D eigenvalue weighted by atomic mass is 9.95. The van der Waals surface area contributed by atoms with Crippen molar-refractivity contribution in [2.45, 2.75) is 0 Å². The van der Waals surface area contributed by atoms with Crippen LogP contribution in [0.4, 0.5) is 11.4 Å². The van der Waals surface area contributed by atoms with Gasteiger partial charge >= 0.3 is 0 Å². The molecule has 0 amide bonds. The van der Waals surface area contributed by atoms with Crippen LogP contribution in [0.3, 0.4) is 0 Å². The summed E-state index contributed by atoms with van der Waals surface area (Å²) in [4.78, 5) is 4.25. The lowest BCUT2D eigenvalue weighted by Crippen LogP contribution is -2.16. The highest BCUT2D eigenvalue weighted by molar-refractivity contribution is 6.33. The number of hydrogen-bond donors (Lipinski definition) is 0. The molecule has 0 aliphatic carbocycles. The van der Waals surface area contributed by atoms with Gasteiger partial charge in [0.2, 0.25) is 0 Å². The van der Waals surface area contributed by atoms with E-state index in [-0.39, 0.29) is 0 Å². The maximum Gasteiger partial charge on any atom is 0.139 e. The summed E-state index contributed by atoms with van der Waals surface area (Å²) in [5.41, 5.74) is 3.81. The van der Waals surface area contributed by atoms with E-state index >= 15 is 0 Å². The summed E-state index contributed by atoms with van der Waals surface area (Å²) in [6, 6.07) is 6.56. The Bertz CT molecular complexity index is 269. The fourth-order valence-corrected chi connectivity index (χ4v) is 1.26. The van der Waals surface area contributed by atoms with Crippen molar-refractivity contribution in [2.24, 2.45) is 0 Å². The zero-order valence-corrected chi connectivity index (χ0v) is 9.13. The molecule has 1 aromatic rings. The Balaban J connectivity index is 3.11. The van der Waals surface area contributed by atoms with E-state index in [4.69, 9.17) is 0 Å². The SMILES string of the molecule is Bc1cc(N(C)C)cc(N(C)C)c1. The molecular weight excluding hydrogens is 159 g/mol. The maximum absolute atomic E-state index is 2.19. The predicted octanol–water partition coefficient (Wildman–Crippen LogP) is 0.0770. The standard InChI is InChI=1S/C10H17BN2/c1-12(2)9-5-8(11)6-10(7-9)13(3)4/h5-7H,11H2,1-4H3. The van der Waals surface area contributed by atoms with E-state index in [2.05, 4.69) is 64.0 Å². The van der Waals surface area contributed by atoms with Gasteiger partial charge in [-0.05, 0) is 18.2 Å². The molecule has 2 nitrogen and oxygen atoms in total. The number of hydrogen-bond acceptors (Lipinski definition) is 2. The Morgan fingerprint density at radius 1 is 0.846 bits per heavy atom. The van der Waals surface area contributed by atoms with Crippen LogP contribution in [0.2, 0.25) is 0 Å². The number of benzene rings is 1. The summed E-state index contributed by atoms with van der Waals surface area (Å²) in [5.74, 6) is 0. The quantitative estimate of drug-likeness (QED) is 0.588. The first kappa shape index (κ1) is 9.97. The lowest BCUT2D eigenvalue weighted by molar-refractivity contribution is 1.10. The molecule has 0 radical (unpaired) electrons. The summed E-state index contributed by atoms with van der Waals surface area (Å²) >= 11 is 0. The molecule has 0 aliphatic heterocycles. The van der Waals surface area contributed by atoms with Gasteiger partial charge in [0.15, 0.2) is 0 Å². The summed E-state index contributed by atoms with van der Waals surface area (Å²) in [7, 11) is 10.4. The Morgan fingerprint density at radius 2 is 1.23 bits per heavy atom. The van der Waals surface area contributed by atoms with Crippen LogP contribution in [0, 0.1) is 0 Å². The van der Waals surface area contributed by atoms with Crippen LogP contribution in [0.25, 0.3) is 0 Å². The van der Waals surface area contributed by atoms with Crippen molar-refractivity contribution in [1.82, 2.24) is 0 Å². The number of anilines is 2. The molecule has 0 N–H and O–H groups in total. The molecule has 70 valence electrons. The van der Waals surface area contributed by atoms with Crippen molar-refractivity contribution in [3.63, 3.8) is 0 Å². The summed E-state index contributed by atoms with van der Waals surface area (Å²) in [5, 5.41) is 0. The van der Waals surface area contributed by atoms with Crippen molar-refractivity contribution in [3.8, 4) is 0 Å². The second-order valence-electron chi connectivity index (χ2n) is 3.82. The van der Waals surface area contributed by atoms with Crippen molar-refractivity contribution in [3.05, 3.63) is 18.2 Å². The predicted molar refractivity (Wildman–Crippen MR) is 63.3 cm³/mol. The van der Waals surface area contributed by atoms with Gasteiger partial charge in [0, 0.05) is 39.6 Å². The molecule has 0 saturated heterocycles. The van der Waals surface area contributed by atoms with Gasteiger partial charge in [-0.15, -0.1) is 0 Å². The third-order valence-corrected chi connectivity index (χ3v) is 2.08. The average molecular weight is 176 g/mol. The van der Waals surface area contributed by atoms with Gasteiger partial charge in [0.25, 0.3) is 0 Å². The average Bonchev–Trinajstić information content (AvgIpc) is 2.03. The fraction of sp³-hybridized carbons (Fsp3) is 0.400. The summed E-state index contributed by atoms with van der Waals surface area (Å²) in [6.07, 6.45) is 0. The van der Waals surface area contributed by atoms with Gasteiger partial charge in [0.05, 0.1) is 0 Å². The first-order valence-corrected chi connectivity index (χ1v) is 4.47. The van der Waals surface area contributed by atoms with Crippen LogP contribution in [-0.2, 0) is 0 Å².